The van der Waals surface area contributed by atoms with Gasteiger partial charge in [-0.15, -0.1) is 11.3 Å². The molecule has 3 nitrogen and oxygen atoms in total. The molecule has 0 fully saturated rings. The van der Waals surface area contributed by atoms with Gasteiger partial charge in [0, 0.05) is 23.4 Å². The number of carbonyl (C=O) groups is 1. The Bertz CT molecular complexity index is 553. The molecule has 0 aliphatic heterocycles. The highest BCUT2D eigenvalue weighted by Crippen LogP contribution is 2.12. The predicted octanol–water partition coefficient (Wildman–Crippen LogP) is 2.56. The predicted molar refractivity (Wildman–Crippen MR) is 69.3 cm³/mol. The molecule has 1 amide bonds. The van der Waals surface area contributed by atoms with Gasteiger partial charge < -0.3 is 5.32 Å². The number of nitrogens with one attached hydrogen (secondary N) is 1. The Morgan fingerprint density at radius 1 is 1.50 bits per heavy atom. The molecule has 0 saturated carbocycles. The van der Waals surface area contributed by atoms with E-state index in [0.717, 1.165) is 17.0 Å². The van der Waals surface area contributed by atoms with Crippen molar-refractivity contribution in [2.45, 2.75) is 13.3 Å². The van der Waals surface area contributed by atoms with Crippen molar-refractivity contribution in [3.63, 3.8) is 0 Å². The number of hydrogen-bond acceptors (Lipinski definition) is 3. The molecule has 94 valence electrons. The second-order valence-corrected chi connectivity index (χ2v) is 4.82. The zero-order chi connectivity index (χ0) is 13.0. The molecule has 0 spiro atoms. The van der Waals surface area contributed by atoms with Crippen molar-refractivity contribution in [2.75, 3.05) is 6.54 Å². The monoisotopic (exact) mass is 264 g/mol. The van der Waals surface area contributed by atoms with Crippen LogP contribution < -0.4 is 5.32 Å². The third kappa shape index (κ3) is 3.13. The summed E-state index contributed by atoms with van der Waals surface area (Å²) in [5.41, 5.74) is 3.13. The molecule has 5 heteroatoms. The normalized spacial score (nSPS) is 10.3. The zero-order valence-corrected chi connectivity index (χ0v) is 10.8. The number of thiazole rings is 1. The van der Waals surface area contributed by atoms with E-state index in [1.807, 2.05) is 6.92 Å². The largest absolute Gasteiger partial charge is 0.352 e. The molecule has 18 heavy (non-hydrogen) atoms. The number of amides is 1. The van der Waals surface area contributed by atoms with Gasteiger partial charge in [0.05, 0.1) is 11.2 Å². The quantitative estimate of drug-likeness (QED) is 0.922. The first-order valence-electron chi connectivity index (χ1n) is 5.59. The maximum atomic E-state index is 12.9. The van der Waals surface area contributed by atoms with E-state index in [1.54, 1.807) is 22.9 Å². The highest BCUT2D eigenvalue weighted by atomic mass is 32.1. The Morgan fingerprint density at radius 3 is 3.00 bits per heavy atom. The van der Waals surface area contributed by atoms with Gasteiger partial charge in [0.1, 0.15) is 5.82 Å². The van der Waals surface area contributed by atoms with Crippen LogP contribution in [0.5, 0.6) is 0 Å². The van der Waals surface area contributed by atoms with Crippen molar-refractivity contribution in [3.05, 3.63) is 51.7 Å². The molecule has 2 aromatic rings. The van der Waals surface area contributed by atoms with Gasteiger partial charge in [-0.1, -0.05) is 6.07 Å². The van der Waals surface area contributed by atoms with Gasteiger partial charge in [-0.3, -0.25) is 4.79 Å². The molecule has 0 saturated heterocycles. The molecular weight excluding hydrogens is 251 g/mol. The van der Waals surface area contributed by atoms with E-state index in [9.17, 15) is 9.18 Å². The Morgan fingerprint density at radius 2 is 2.33 bits per heavy atom. The van der Waals surface area contributed by atoms with Crippen LogP contribution in [0.25, 0.3) is 0 Å². The molecule has 0 unspecified atom stereocenters. The van der Waals surface area contributed by atoms with Gasteiger partial charge in [0.2, 0.25) is 0 Å². The molecule has 0 aliphatic rings. The van der Waals surface area contributed by atoms with Crippen molar-refractivity contribution >= 4 is 17.2 Å². The highest BCUT2D eigenvalue weighted by molar-refractivity contribution is 7.09. The van der Waals surface area contributed by atoms with Crippen LogP contribution in [-0.2, 0) is 6.42 Å². The molecule has 0 radical (unpaired) electrons. The summed E-state index contributed by atoms with van der Waals surface area (Å²) in [5, 5.41) is 2.76. The molecule has 2 rings (SSSR count). The van der Waals surface area contributed by atoms with Crippen molar-refractivity contribution < 1.29 is 9.18 Å². The lowest BCUT2D eigenvalue weighted by molar-refractivity contribution is 0.0953. The number of hydrogen-bond donors (Lipinski definition) is 1. The van der Waals surface area contributed by atoms with Gasteiger partial charge in [0.25, 0.3) is 5.91 Å². The lowest BCUT2D eigenvalue weighted by atomic mass is 10.2. The number of nitrogens with zero attached hydrogens (tertiary/aromatic N) is 1. The number of aromatic nitrogens is 1. The summed E-state index contributed by atoms with van der Waals surface area (Å²) in [6.07, 6.45) is 0.748. The molecular formula is C13H13FN2OS. The number of halogens is 1. The van der Waals surface area contributed by atoms with Crippen molar-refractivity contribution in [1.82, 2.24) is 10.3 Å². The number of benzene rings is 1. The van der Waals surface area contributed by atoms with Crippen LogP contribution in [0, 0.1) is 12.7 Å². The van der Waals surface area contributed by atoms with Crippen LogP contribution in [0.1, 0.15) is 20.9 Å². The van der Waals surface area contributed by atoms with E-state index in [-0.39, 0.29) is 5.91 Å². The minimum absolute atomic E-state index is 0.253. The summed E-state index contributed by atoms with van der Waals surface area (Å²) in [5.74, 6) is -0.655. The second-order valence-electron chi connectivity index (χ2n) is 3.88. The smallest absolute Gasteiger partial charge is 0.251 e. The maximum Gasteiger partial charge on any atom is 0.251 e. The Labute approximate surface area is 109 Å². The van der Waals surface area contributed by atoms with Gasteiger partial charge in [-0.25, -0.2) is 9.37 Å². The lowest BCUT2D eigenvalue weighted by Gasteiger charge is -2.04. The molecule has 1 N–H and O–H groups in total. The number of aryl methyl sites for hydroxylation is 1. The van der Waals surface area contributed by atoms with Crippen LogP contribution in [0.15, 0.2) is 29.8 Å². The molecule has 0 bridgehead atoms. The summed E-state index contributed by atoms with van der Waals surface area (Å²) in [6.45, 7) is 2.47. The average molecular weight is 264 g/mol. The number of carbonyl (C=O) groups excluding carboxylic acids is 1. The maximum absolute atomic E-state index is 12.9. The highest BCUT2D eigenvalue weighted by Gasteiger charge is 2.06. The van der Waals surface area contributed by atoms with E-state index in [2.05, 4.69) is 10.3 Å². The molecule has 1 heterocycles. The fourth-order valence-corrected chi connectivity index (χ4v) is 2.37. The van der Waals surface area contributed by atoms with Gasteiger partial charge in [-0.2, -0.15) is 0 Å². The van der Waals surface area contributed by atoms with Crippen molar-refractivity contribution in [1.29, 1.82) is 0 Å². The summed E-state index contributed by atoms with van der Waals surface area (Å²) in [6, 6.07) is 5.67. The molecule has 1 aromatic heterocycles. The third-order valence-electron chi connectivity index (χ3n) is 2.57. The van der Waals surface area contributed by atoms with E-state index < -0.39 is 5.82 Å². The SMILES string of the molecule is Cc1ncsc1CCNC(=O)c1cccc(F)c1. The first-order valence-corrected chi connectivity index (χ1v) is 6.47. The minimum Gasteiger partial charge on any atom is -0.352 e. The second kappa shape index (κ2) is 5.73. The van der Waals surface area contributed by atoms with E-state index in [1.165, 1.54) is 18.2 Å². The van der Waals surface area contributed by atoms with Crippen LogP contribution in [0.4, 0.5) is 4.39 Å². The molecule has 1 aromatic carbocycles. The van der Waals surface area contributed by atoms with Gasteiger partial charge in [0.15, 0.2) is 0 Å². The zero-order valence-electron chi connectivity index (χ0n) is 9.94. The van der Waals surface area contributed by atoms with E-state index in [4.69, 9.17) is 0 Å². The third-order valence-corrected chi connectivity index (χ3v) is 3.56. The molecule has 0 aliphatic carbocycles. The Hall–Kier alpha value is -1.75. The summed E-state index contributed by atoms with van der Waals surface area (Å²) in [7, 11) is 0. The fraction of sp³-hybridized carbons (Fsp3) is 0.231. The van der Waals surface area contributed by atoms with Crippen molar-refractivity contribution in [2.24, 2.45) is 0 Å². The summed E-state index contributed by atoms with van der Waals surface area (Å²) >= 11 is 1.58. The first kappa shape index (κ1) is 12.7. The van der Waals surface area contributed by atoms with E-state index >= 15 is 0 Å². The Kier molecular flexibility index (Phi) is 4.04. The Balaban J connectivity index is 1.87. The minimum atomic E-state index is -0.402. The van der Waals surface area contributed by atoms with Crippen LogP contribution in [0.2, 0.25) is 0 Å². The number of rotatable bonds is 4. The van der Waals surface area contributed by atoms with Crippen LogP contribution in [0.3, 0.4) is 0 Å². The van der Waals surface area contributed by atoms with Crippen LogP contribution in [-0.4, -0.2) is 17.4 Å². The topological polar surface area (TPSA) is 42.0 Å². The van der Waals surface area contributed by atoms with Crippen LogP contribution >= 0.6 is 11.3 Å². The fourth-order valence-electron chi connectivity index (χ4n) is 1.59. The van der Waals surface area contributed by atoms with E-state index in [0.29, 0.717) is 12.1 Å². The first-order chi connectivity index (χ1) is 8.66. The van der Waals surface area contributed by atoms with Gasteiger partial charge >= 0.3 is 0 Å². The van der Waals surface area contributed by atoms with Crippen molar-refractivity contribution in [3.8, 4) is 0 Å². The van der Waals surface area contributed by atoms with Gasteiger partial charge in [-0.05, 0) is 25.1 Å². The summed E-state index contributed by atoms with van der Waals surface area (Å²) in [4.78, 5) is 17.0. The average Bonchev–Trinajstić information content (AvgIpc) is 2.75. The lowest BCUT2D eigenvalue weighted by Crippen LogP contribution is -2.25. The summed E-state index contributed by atoms with van der Waals surface area (Å²) < 4.78 is 12.9. The molecule has 0 atom stereocenters. The standard InChI is InChI=1S/C13H13FN2OS/c1-9-12(18-8-16-9)5-6-15-13(17)10-3-2-4-11(14)7-10/h2-4,7-8H,5-6H2,1H3,(H,15,17).